The molecule has 2 heterocycles. The highest BCUT2D eigenvalue weighted by atomic mass is 35.5. The van der Waals surface area contributed by atoms with Crippen LogP contribution < -0.4 is 10.6 Å². The van der Waals surface area contributed by atoms with Gasteiger partial charge in [-0.2, -0.15) is 0 Å². The largest absolute Gasteiger partial charge is 0.463 e. The molecular formula is C21H24ClN3O7. The molecular weight excluding hydrogens is 442 g/mol. The number of carbonyl (C=O) groups excluding carboxylic acids is 4. The number of hydrogen-bond acceptors (Lipinski definition) is 9. The average Bonchev–Trinajstić information content (AvgIpc) is 2.73. The number of pyridine rings is 1. The molecule has 10 nitrogen and oxygen atoms in total. The van der Waals surface area contributed by atoms with Gasteiger partial charge in [-0.05, 0) is 39.8 Å². The highest BCUT2D eigenvalue weighted by molar-refractivity contribution is 6.30. The van der Waals surface area contributed by atoms with E-state index in [4.69, 9.17) is 25.8 Å². The molecule has 1 aromatic rings. The third kappa shape index (κ3) is 6.07. The first-order valence-corrected chi connectivity index (χ1v) is 10.2. The van der Waals surface area contributed by atoms with Gasteiger partial charge in [-0.3, -0.25) is 9.59 Å². The van der Waals surface area contributed by atoms with Crippen LogP contribution in [0.2, 0.25) is 5.02 Å². The molecule has 32 heavy (non-hydrogen) atoms. The number of ether oxygens (including phenoxy) is 3. The maximum atomic E-state index is 13.0. The van der Waals surface area contributed by atoms with Crippen molar-refractivity contribution in [2.24, 2.45) is 5.92 Å². The van der Waals surface area contributed by atoms with E-state index in [-0.39, 0.29) is 30.2 Å². The van der Waals surface area contributed by atoms with Crippen molar-refractivity contribution in [2.75, 3.05) is 25.1 Å². The van der Waals surface area contributed by atoms with Gasteiger partial charge in [0.25, 0.3) is 5.91 Å². The van der Waals surface area contributed by atoms with E-state index in [1.807, 2.05) is 0 Å². The third-order valence-electron chi connectivity index (χ3n) is 4.33. The van der Waals surface area contributed by atoms with Crippen LogP contribution in [0.3, 0.4) is 0 Å². The summed E-state index contributed by atoms with van der Waals surface area (Å²) in [5, 5.41) is 5.74. The van der Waals surface area contributed by atoms with Crippen LogP contribution in [0, 0.1) is 5.92 Å². The quantitative estimate of drug-likeness (QED) is 0.437. The first-order valence-electron chi connectivity index (χ1n) is 9.80. The number of rotatable bonds is 8. The fourth-order valence-electron chi connectivity index (χ4n) is 3.04. The number of allylic oxidation sites excluding steroid dienone is 2. The monoisotopic (exact) mass is 465 g/mol. The Kier molecular flexibility index (Phi) is 8.77. The van der Waals surface area contributed by atoms with Crippen molar-refractivity contribution < 1.29 is 33.4 Å². The van der Waals surface area contributed by atoms with Gasteiger partial charge in [0.15, 0.2) is 6.61 Å². The number of aromatic nitrogens is 1. The number of nitrogens with zero attached hydrogens (tertiary/aromatic N) is 1. The Bertz CT molecular complexity index is 930. The van der Waals surface area contributed by atoms with Crippen molar-refractivity contribution in [1.29, 1.82) is 0 Å². The Labute approximate surface area is 189 Å². The van der Waals surface area contributed by atoms with Crippen molar-refractivity contribution in [3.05, 3.63) is 45.9 Å². The van der Waals surface area contributed by atoms with Gasteiger partial charge in [0.2, 0.25) is 0 Å². The van der Waals surface area contributed by atoms with Crippen LogP contribution in [0.5, 0.6) is 0 Å². The lowest BCUT2D eigenvalue weighted by Crippen LogP contribution is -2.39. The molecule has 0 atom stereocenters. The van der Waals surface area contributed by atoms with Gasteiger partial charge in [0.05, 0.1) is 29.4 Å². The minimum absolute atomic E-state index is 0.0608. The predicted molar refractivity (Wildman–Crippen MR) is 114 cm³/mol. The fraction of sp³-hybridized carbons (Fsp3) is 0.381. The summed E-state index contributed by atoms with van der Waals surface area (Å²) in [4.78, 5) is 54.2. The molecule has 0 unspecified atom stereocenters. The van der Waals surface area contributed by atoms with E-state index in [0.29, 0.717) is 16.4 Å². The Balaban J connectivity index is 2.25. The lowest BCUT2D eigenvalue weighted by Gasteiger charge is -2.28. The fourth-order valence-corrected chi connectivity index (χ4v) is 3.15. The molecule has 11 heteroatoms. The molecule has 0 aromatic carbocycles. The van der Waals surface area contributed by atoms with Gasteiger partial charge in [0, 0.05) is 17.6 Å². The summed E-state index contributed by atoms with van der Waals surface area (Å²) >= 11 is 5.75. The highest BCUT2D eigenvalue weighted by Gasteiger charge is 2.42. The molecule has 172 valence electrons. The lowest BCUT2D eigenvalue weighted by atomic mass is 9.85. The van der Waals surface area contributed by atoms with E-state index in [0.717, 1.165) is 0 Å². The predicted octanol–water partition coefficient (Wildman–Crippen LogP) is 2.11. The van der Waals surface area contributed by atoms with Crippen molar-refractivity contribution in [1.82, 2.24) is 10.3 Å². The molecule has 0 bridgehead atoms. The summed E-state index contributed by atoms with van der Waals surface area (Å²) in [7, 11) is 0. The molecule has 1 amide bonds. The Morgan fingerprint density at radius 1 is 1.00 bits per heavy atom. The average molecular weight is 466 g/mol. The number of nitrogens with one attached hydrogen (secondary N) is 2. The minimum atomic E-state index is -1.42. The summed E-state index contributed by atoms with van der Waals surface area (Å²) in [5.74, 6) is -4.43. The van der Waals surface area contributed by atoms with Crippen LogP contribution >= 0.6 is 11.6 Å². The first-order chi connectivity index (χ1) is 15.2. The van der Waals surface area contributed by atoms with E-state index < -0.39 is 36.3 Å². The van der Waals surface area contributed by atoms with Crippen molar-refractivity contribution in [3.63, 3.8) is 0 Å². The van der Waals surface area contributed by atoms with Crippen LogP contribution in [-0.2, 0) is 33.4 Å². The van der Waals surface area contributed by atoms with Gasteiger partial charge < -0.3 is 24.8 Å². The minimum Gasteiger partial charge on any atom is -0.463 e. The number of halogens is 1. The summed E-state index contributed by atoms with van der Waals surface area (Å²) in [6.07, 6.45) is 1.34. The van der Waals surface area contributed by atoms with Gasteiger partial charge in [-0.25, -0.2) is 14.6 Å². The van der Waals surface area contributed by atoms with E-state index >= 15 is 0 Å². The molecule has 2 N–H and O–H groups in total. The Morgan fingerprint density at radius 2 is 1.56 bits per heavy atom. The van der Waals surface area contributed by atoms with Crippen molar-refractivity contribution >= 4 is 41.2 Å². The van der Waals surface area contributed by atoms with Gasteiger partial charge in [-0.1, -0.05) is 11.6 Å². The summed E-state index contributed by atoms with van der Waals surface area (Å²) in [5.41, 5.74) is 0.465. The summed E-state index contributed by atoms with van der Waals surface area (Å²) < 4.78 is 15.2. The molecule has 0 aliphatic carbocycles. The maximum Gasteiger partial charge on any atom is 0.337 e. The standard InChI is InChI=1S/C21H24ClN3O7/c1-5-30-19(27)16-11(3)24-12(4)17(20(28)31-6-2)18(16)21(29)32-10-15(26)25-14-8-7-13(22)9-23-14/h7-9,18,24H,5-6,10H2,1-4H3,(H,23,25,26). The van der Waals surface area contributed by atoms with Crippen LogP contribution in [0.15, 0.2) is 40.9 Å². The topological polar surface area (TPSA) is 133 Å². The van der Waals surface area contributed by atoms with E-state index in [1.165, 1.54) is 18.3 Å². The van der Waals surface area contributed by atoms with Gasteiger partial charge >= 0.3 is 17.9 Å². The van der Waals surface area contributed by atoms with E-state index in [9.17, 15) is 19.2 Å². The maximum absolute atomic E-state index is 13.0. The van der Waals surface area contributed by atoms with Crippen molar-refractivity contribution in [3.8, 4) is 0 Å². The molecule has 1 aromatic heterocycles. The summed E-state index contributed by atoms with van der Waals surface area (Å²) in [6, 6.07) is 3.01. The number of carbonyl (C=O) groups is 4. The first kappa shape index (κ1) is 24.9. The summed E-state index contributed by atoms with van der Waals surface area (Å²) in [6.45, 7) is 5.81. The van der Waals surface area contributed by atoms with E-state index in [1.54, 1.807) is 27.7 Å². The van der Waals surface area contributed by atoms with Gasteiger partial charge in [-0.15, -0.1) is 0 Å². The smallest absolute Gasteiger partial charge is 0.337 e. The zero-order chi connectivity index (χ0) is 23.8. The number of esters is 3. The highest BCUT2D eigenvalue weighted by Crippen LogP contribution is 2.32. The Hall–Kier alpha value is -3.40. The normalized spacial score (nSPS) is 13.9. The second-order valence-electron chi connectivity index (χ2n) is 6.59. The Morgan fingerprint density at radius 3 is 2.03 bits per heavy atom. The molecule has 0 fully saturated rings. The van der Waals surface area contributed by atoms with Crippen LogP contribution in [0.1, 0.15) is 27.7 Å². The number of amides is 1. The molecule has 2 rings (SSSR count). The lowest BCUT2D eigenvalue weighted by molar-refractivity contribution is -0.153. The number of hydrogen-bond donors (Lipinski definition) is 2. The number of anilines is 1. The zero-order valence-electron chi connectivity index (χ0n) is 18.1. The van der Waals surface area contributed by atoms with Crippen LogP contribution in [0.25, 0.3) is 0 Å². The van der Waals surface area contributed by atoms with Crippen LogP contribution in [-0.4, -0.2) is 48.6 Å². The molecule has 0 radical (unpaired) electrons. The molecule has 0 saturated carbocycles. The van der Waals surface area contributed by atoms with E-state index in [2.05, 4.69) is 15.6 Å². The second-order valence-corrected chi connectivity index (χ2v) is 7.03. The number of dihydropyridines is 1. The van der Waals surface area contributed by atoms with Crippen LogP contribution in [0.4, 0.5) is 5.82 Å². The van der Waals surface area contributed by atoms with Crippen molar-refractivity contribution in [2.45, 2.75) is 27.7 Å². The molecule has 1 aliphatic rings. The molecule has 1 aliphatic heterocycles. The second kappa shape index (κ2) is 11.3. The zero-order valence-corrected chi connectivity index (χ0v) is 18.9. The molecule has 0 saturated heterocycles. The third-order valence-corrected chi connectivity index (χ3v) is 4.55. The molecule has 0 spiro atoms. The van der Waals surface area contributed by atoms with Gasteiger partial charge in [0.1, 0.15) is 11.7 Å². The SMILES string of the molecule is CCOC(=O)C1=C(C)NC(C)=C(C(=O)OCC)C1C(=O)OCC(=O)Nc1ccc(Cl)cn1.